The summed E-state index contributed by atoms with van der Waals surface area (Å²) < 4.78 is 5.08. The van der Waals surface area contributed by atoms with Gasteiger partial charge in [0.1, 0.15) is 0 Å². The average Bonchev–Trinajstić information content (AvgIpc) is 3.01. The summed E-state index contributed by atoms with van der Waals surface area (Å²) in [5.41, 5.74) is 0.604. The summed E-state index contributed by atoms with van der Waals surface area (Å²) >= 11 is 0. The number of nitriles is 1. The van der Waals surface area contributed by atoms with Crippen LogP contribution < -0.4 is 0 Å². The highest BCUT2D eigenvalue weighted by atomic mass is 16.3. The van der Waals surface area contributed by atoms with Crippen molar-refractivity contribution in [1.29, 1.82) is 5.26 Å². The van der Waals surface area contributed by atoms with E-state index in [-0.39, 0.29) is 11.9 Å². The van der Waals surface area contributed by atoms with Gasteiger partial charge in [-0.2, -0.15) is 5.26 Å². The molecule has 1 amide bonds. The van der Waals surface area contributed by atoms with E-state index in [9.17, 15) is 4.79 Å². The number of oxazole rings is 1. The number of aromatic nitrogens is 1. The van der Waals surface area contributed by atoms with Crippen LogP contribution in [0.2, 0.25) is 0 Å². The fourth-order valence-corrected chi connectivity index (χ4v) is 1.64. The highest BCUT2D eigenvalue weighted by Gasteiger charge is 2.34. The predicted octanol–water partition coefficient (Wildman–Crippen LogP) is 1.50. The van der Waals surface area contributed by atoms with Gasteiger partial charge in [-0.25, -0.2) is 4.98 Å². The molecule has 0 aliphatic heterocycles. The molecule has 0 unspecified atom stereocenters. The first kappa shape index (κ1) is 10.7. The smallest absolute Gasteiger partial charge is 0.291 e. The van der Waals surface area contributed by atoms with Gasteiger partial charge in [0.15, 0.2) is 6.39 Å². The van der Waals surface area contributed by atoms with Gasteiger partial charge < -0.3 is 9.32 Å². The average molecular weight is 219 g/mol. The number of amides is 1. The van der Waals surface area contributed by atoms with Crippen molar-refractivity contribution in [3.63, 3.8) is 0 Å². The van der Waals surface area contributed by atoms with Crippen molar-refractivity contribution in [3.8, 4) is 6.07 Å². The van der Waals surface area contributed by atoms with Crippen LogP contribution in [0.1, 0.15) is 35.5 Å². The van der Waals surface area contributed by atoms with Crippen LogP contribution in [-0.2, 0) is 0 Å². The Bertz CT molecular complexity index is 429. The van der Waals surface area contributed by atoms with Crippen LogP contribution in [0.3, 0.4) is 0 Å². The van der Waals surface area contributed by atoms with Crippen LogP contribution in [0.25, 0.3) is 0 Å². The van der Waals surface area contributed by atoms with E-state index >= 15 is 0 Å². The van der Waals surface area contributed by atoms with Gasteiger partial charge in [-0.1, -0.05) is 0 Å². The molecule has 0 aromatic carbocycles. The molecule has 0 atom stereocenters. The number of hydrogen-bond donors (Lipinski definition) is 0. The van der Waals surface area contributed by atoms with Gasteiger partial charge >= 0.3 is 0 Å². The Balaban J connectivity index is 2.11. The molecule has 1 fully saturated rings. The number of carbonyl (C=O) groups is 1. The summed E-state index contributed by atoms with van der Waals surface area (Å²) in [6, 6.07) is 2.34. The molecule has 0 bridgehead atoms. The maximum absolute atomic E-state index is 12.1. The molecule has 5 nitrogen and oxygen atoms in total. The molecule has 0 saturated heterocycles. The maximum atomic E-state index is 12.1. The molecular formula is C11H13N3O2. The first-order valence-corrected chi connectivity index (χ1v) is 5.32. The fraction of sp³-hybridized carbons (Fsp3) is 0.545. The summed E-state index contributed by atoms with van der Waals surface area (Å²) in [6.45, 7) is 2.21. The van der Waals surface area contributed by atoms with Crippen LogP contribution in [-0.4, -0.2) is 28.4 Å². The minimum atomic E-state index is -0.146. The quantitative estimate of drug-likeness (QED) is 0.769. The molecule has 1 saturated carbocycles. The van der Waals surface area contributed by atoms with Gasteiger partial charge in [0, 0.05) is 12.6 Å². The Labute approximate surface area is 93.7 Å². The Morgan fingerprint density at radius 2 is 2.50 bits per heavy atom. The normalized spacial score (nSPS) is 14.5. The third-order valence-electron chi connectivity index (χ3n) is 2.65. The lowest BCUT2D eigenvalue weighted by molar-refractivity contribution is 0.0713. The zero-order chi connectivity index (χ0) is 11.5. The van der Waals surface area contributed by atoms with Crippen molar-refractivity contribution in [1.82, 2.24) is 9.88 Å². The van der Waals surface area contributed by atoms with Gasteiger partial charge in [-0.05, 0) is 19.8 Å². The molecule has 0 radical (unpaired) electrons. The topological polar surface area (TPSA) is 70.1 Å². The fourth-order valence-electron chi connectivity index (χ4n) is 1.64. The molecule has 2 rings (SSSR count). The highest BCUT2D eigenvalue weighted by molar-refractivity contribution is 5.92. The lowest BCUT2D eigenvalue weighted by atomic mass is 10.3. The first-order valence-electron chi connectivity index (χ1n) is 5.32. The molecule has 84 valence electrons. The highest BCUT2D eigenvalue weighted by Crippen LogP contribution is 2.28. The van der Waals surface area contributed by atoms with Crippen LogP contribution in [0.15, 0.2) is 10.8 Å². The van der Waals surface area contributed by atoms with E-state index in [4.69, 9.17) is 9.68 Å². The monoisotopic (exact) mass is 219 g/mol. The largest absolute Gasteiger partial charge is 0.438 e. The lowest BCUT2D eigenvalue weighted by Crippen LogP contribution is -2.34. The second kappa shape index (κ2) is 4.35. The molecule has 0 N–H and O–H groups in total. The zero-order valence-electron chi connectivity index (χ0n) is 9.14. The molecule has 5 heteroatoms. The van der Waals surface area contributed by atoms with Gasteiger partial charge in [0.25, 0.3) is 5.91 Å². The second-order valence-electron chi connectivity index (χ2n) is 3.90. The van der Waals surface area contributed by atoms with Gasteiger partial charge in [0.2, 0.25) is 5.76 Å². The lowest BCUT2D eigenvalue weighted by Gasteiger charge is -2.19. The summed E-state index contributed by atoms with van der Waals surface area (Å²) in [7, 11) is 0. The van der Waals surface area contributed by atoms with E-state index in [1.165, 1.54) is 6.39 Å². The third-order valence-corrected chi connectivity index (χ3v) is 2.65. The minimum absolute atomic E-state index is 0.146. The van der Waals surface area contributed by atoms with Crippen molar-refractivity contribution >= 4 is 5.91 Å². The molecule has 1 aliphatic rings. The molecule has 0 spiro atoms. The van der Waals surface area contributed by atoms with Gasteiger partial charge in [-0.3, -0.25) is 4.79 Å². The summed E-state index contributed by atoms with van der Waals surface area (Å²) in [6.07, 6.45) is 3.67. The number of carbonyl (C=O) groups excluding carboxylic acids is 1. The maximum Gasteiger partial charge on any atom is 0.291 e. The number of rotatable bonds is 4. The molecule has 1 aromatic heterocycles. The SMILES string of the molecule is Cc1ncoc1C(=O)N(CCC#N)C1CC1. The van der Waals surface area contributed by atoms with Gasteiger partial charge in [0.05, 0.1) is 18.2 Å². The van der Waals surface area contributed by atoms with E-state index in [1.807, 2.05) is 0 Å². The van der Waals surface area contributed by atoms with Crippen molar-refractivity contribution in [2.75, 3.05) is 6.54 Å². The molecular weight excluding hydrogens is 206 g/mol. The Hall–Kier alpha value is -1.83. The van der Waals surface area contributed by atoms with E-state index in [0.717, 1.165) is 12.8 Å². The Kier molecular flexibility index (Phi) is 2.91. The van der Waals surface area contributed by atoms with Crippen molar-refractivity contribution in [2.45, 2.75) is 32.2 Å². The Morgan fingerprint density at radius 3 is 3.00 bits per heavy atom. The minimum Gasteiger partial charge on any atom is -0.438 e. The van der Waals surface area contributed by atoms with E-state index in [1.54, 1.807) is 11.8 Å². The standard InChI is InChI=1S/C11H13N3O2/c1-8-10(16-7-13-8)11(15)14(6-2-5-12)9-3-4-9/h7,9H,2-4,6H2,1H3. The molecule has 1 heterocycles. The first-order chi connectivity index (χ1) is 7.74. The van der Waals surface area contributed by atoms with Crippen LogP contribution >= 0.6 is 0 Å². The van der Waals surface area contributed by atoms with Crippen LogP contribution in [0, 0.1) is 18.3 Å². The number of hydrogen-bond acceptors (Lipinski definition) is 4. The number of nitrogens with zero attached hydrogens (tertiary/aromatic N) is 3. The summed E-state index contributed by atoms with van der Waals surface area (Å²) in [5.74, 6) is 0.151. The van der Waals surface area contributed by atoms with Crippen molar-refractivity contribution in [2.24, 2.45) is 0 Å². The molecule has 1 aliphatic carbocycles. The van der Waals surface area contributed by atoms with Crippen LogP contribution in [0.4, 0.5) is 0 Å². The zero-order valence-corrected chi connectivity index (χ0v) is 9.14. The number of aryl methyl sites for hydroxylation is 1. The van der Waals surface area contributed by atoms with Crippen molar-refractivity contribution < 1.29 is 9.21 Å². The van der Waals surface area contributed by atoms with E-state index in [0.29, 0.717) is 24.4 Å². The Morgan fingerprint density at radius 1 is 1.75 bits per heavy atom. The summed E-state index contributed by atoms with van der Waals surface area (Å²) in [4.78, 5) is 17.7. The molecule has 1 aromatic rings. The van der Waals surface area contributed by atoms with E-state index in [2.05, 4.69) is 11.1 Å². The molecule has 16 heavy (non-hydrogen) atoms. The predicted molar refractivity (Wildman–Crippen MR) is 55.5 cm³/mol. The van der Waals surface area contributed by atoms with Crippen molar-refractivity contribution in [3.05, 3.63) is 17.8 Å². The third kappa shape index (κ3) is 2.06. The second-order valence-corrected chi connectivity index (χ2v) is 3.90. The van der Waals surface area contributed by atoms with E-state index < -0.39 is 0 Å². The summed E-state index contributed by atoms with van der Waals surface area (Å²) in [5, 5.41) is 8.56. The van der Waals surface area contributed by atoms with Gasteiger partial charge in [-0.15, -0.1) is 0 Å². The van der Waals surface area contributed by atoms with Crippen LogP contribution in [0.5, 0.6) is 0 Å².